The Morgan fingerprint density at radius 3 is 2.70 bits per heavy atom. The fraction of sp³-hybridized carbons (Fsp3) is 0.250. The van der Waals surface area contributed by atoms with Crippen LogP contribution in [0.3, 0.4) is 0 Å². The molecule has 0 amide bonds. The lowest BCUT2D eigenvalue weighted by Gasteiger charge is -2.09. The predicted molar refractivity (Wildman–Crippen MR) is 80.6 cm³/mol. The second-order valence-corrected chi connectivity index (χ2v) is 4.97. The molecule has 0 spiro atoms. The minimum atomic E-state index is 0.701. The first-order valence-corrected chi connectivity index (χ1v) is 6.70. The summed E-state index contributed by atoms with van der Waals surface area (Å²) in [6.07, 6.45) is 0. The van der Waals surface area contributed by atoms with Crippen LogP contribution < -0.4 is 11.1 Å². The van der Waals surface area contributed by atoms with Gasteiger partial charge in [0.05, 0.1) is 5.36 Å². The van der Waals surface area contributed by atoms with E-state index in [1.807, 2.05) is 45.0 Å². The monoisotopic (exact) mass is 267 g/mol. The average molecular weight is 267 g/mol. The summed E-state index contributed by atoms with van der Waals surface area (Å²) in [7, 11) is 0. The molecule has 0 saturated heterocycles. The van der Waals surface area contributed by atoms with Crippen LogP contribution in [-0.2, 0) is 0 Å². The Morgan fingerprint density at radius 2 is 1.95 bits per heavy atom. The van der Waals surface area contributed by atoms with Crippen molar-refractivity contribution >= 4 is 16.8 Å². The molecule has 0 radical (unpaired) electrons. The van der Waals surface area contributed by atoms with Gasteiger partial charge in [-0.15, -0.1) is 0 Å². The zero-order valence-corrected chi connectivity index (χ0v) is 11.9. The normalized spacial score (nSPS) is 12.4. The molecule has 102 valence electrons. The summed E-state index contributed by atoms with van der Waals surface area (Å²) in [5, 5.41) is 0.949. The molecule has 4 heteroatoms. The summed E-state index contributed by atoms with van der Waals surface area (Å²) in [4.78, 5) is 9.11. The molecule has 0 fully saturated rings. The van der Waals surface area contributed by atoms with Crippen LogP contribution in [0.4, 0.5) is 5.69 Å². The van der Waals surface area contributed by atoms with E-state index in [0.717, 1.165) is 40.0 Å². The lowest BCUT2D eigenvalue weighted by molar-refractivity contribution is 0.612. The highest BCUT2D eigenvalue weighted by Crippen LogP contribution is 2.27. The summed E-state index contributed by atoms with van der Waals surface area (Å²) >= 11 is 0. The number of fused-ring (bicyclic) bond motifs is 2. The van der Waals surface area contributed by atoms with Crippen molar-refractivity contribution in [1.29, 1.82) is 0 Å². The van der Waals surface area contributed by atoms with Gasteiger partial charge in [-0.2, -0.15) is 0 Å². The number of aromatic nitrogens is 1. The highest BCUT2D eigenvalue weighted by Gasteiger charge is 2.11. The van der Waals surface area contributed by atoms with Crippen molar-refractivity contribution in [1.82, 2.24) is 4.98 Å². The van der Waals surface area contributed by atoms with Crippen molar-refractivity contribution in [3.63, 3.8) is 0 Å². The third-order valence-corrected chi connectivity index (χ3v) is 3.41. The second kappa shape index (κ2) is 4.63. The van der Waals surface area contributed by atoms with Gasteiger partial charge in [-0.25, -0.2) is 4.98 Å². The van der Waals surface area contributed by atoms with Crippen molar-refractivity contribution in [3.05, 3.63) is 40.7 Å². The standard InChI is InChI=1S/C16H17N3O/c1-4-18-12-8-16-14(6-10(12)3)19-13-5-9(2)11(17)7-15(13)20-16/h5-8H,4,17H2,1-3H3/b18-12-. The Hall–Kier alpha value is -2.36. The van der Waals surface area contributed by atoms with Gasteiger partial charge in [-0.1, -0.05) is 0 Å². The Morgan fingerprint density at radius 1 is 1.15 bits per heavy atom. The van der Waals surface area contributed by atoms with E-state index in [-0.39, 0.29) is 0 Å². The highest BCUT2D eigenvalue weighted by molar-refractivity contribution is 5.81. The summed E-state index contributed by atoms with van der Waals surface area (Å²) in [5.41, 5.74) is 11.1. The fourth-order valence-corrected chi connectivity index (χ4v) is 2.28. The minimum Gasteiger partial charge on any atom is -0.453 e. The van der Waals surface area contributed by atoms with Crippen LogP contribution >= 0.6 is 0 Å². The van der Waals surface area contributed by atoms with Crippen LogP contribution in [0.15, 0.2) is 33.7 Å². The molecule has 2 aliphatic rings. The van der Waals surface area contributed by atoms with Crippen LogP contribution in [0, 0.1) is 13.8 Å². The minimum absolute atomic E-state index is 0.701. The summed E-state index contributed by atoms with van der Waals surface area (Å²) in [6.45, 7) is 6.77. The Balaban J connectivity index is 2.37. The lowest BCUT2D eigenvalue weighted by atomic mass is 10.1. The molecule has 1 aliphatic heterocycles. The number of hydrogen-bond acceptors (Lipinski definition) is 4. The maximum absolute atomic E-state index is 5.93. The number of hydrogen-bond donors (Lipinski definition) is 1. The van der Waals surface area contributed by atoms with E-state index in [9.17, 15) is 0 Å². The van der Waals surface area contributed by atoms with Crippen molar-refractivity contribution in [2.75, 3.05) is 12.3 Å². The molecule has 0 bridgehead atoms. The molecule has 1 aromatic rings. The third kappa shape index (κ3) is 2.03. The number of benzene rings is 2. The quantitative estimate of drug-likeness (QED) is 0.544. The molecular weight excluding hydrogens is 250 g/mol. The van der Waals surface area contributed by atoms with E-state index >= 15 is 0 Å². The first-order valence-electron chi connectivity index (χ1n) is 6.70. The highest BCUT2D eigenvalue weighted by atomic mass is 16.3. The van der Waals surface area contributed by atoms with Crippen molar-refractivity contribution < 1.29 is 4.42 Å². The molecule has 0 aromatic heterocycles. The third-order valence-electron chi connectivity index (χ3n) is 3.41. The van der Waals surface area contributed by atoms with Gasteiger partial charge in [0.1, 0.15) is 11.2 Å². The van der Waals surface area contributed by atoms with Crippen molar-refractivity contribution in [2.24, 2.45) is 4.99 Å². The van der Waals surface area contributed by atoms with Crippen LogP contribution in [0.25, 0.3) is 22.6 Å². The molecule has 1 heterocycles. The smallest absolute Gasteiger partial charge is 0.155 e. The van der Waals surface area contributed by atoms with Crippen LogP contribution in [-0.4, -0.2) is 11.5 Å². The first-order chi connectivity index (χ1) is 9.58. The van der Waals surface area contributed by atoms with Gasteiger partial charge in [0.15, 0.2) is 11.3 Å². The van der Waals surface area contributed by atoms with E-state index in [4.69, 9.17) is 10.2 Å². The number of nitrogens with two attached hydrogens (primary N) is 1. The maximum Gasteiger partial charge on any atom is 0.155 e. The number of anilines is 1. The number of rotatable bonds is 1. The van der Waals surface area contributed by atoms with E-state index in [0.29, 0.717) is 11.3 Å². The first kappa shape index (κ1) is 12.7. The SMILES string of the molecule is CC/N=c1/cc2oc3cc(N)c(C)cc3nc-2cc1C. The zero-order chi connectivity index (χ0) is 14.3. The van der Waals surface area contributed by atoms with Gasteiger partial charge in [0, 0.05) is 24.4 Å². The van der Waals surface area contributed by atoms with Crippen molar-refractivity contribution in [2.45, 2.75) is 20.8 Å². The zero-order valence-electron chi connectivity index (χ0n) is 11.9. The maximum atomic E-state index is 5.93. The van der Waals surface area contributed by atoms with Crippen molar-refractivity contribution in [3.8, 4) is 11.5 Å². The fourth-order valence-electron chi connectivity index (χ4n) is 2.28. The second-order valence-electron chi connectivity index (χ2n) is 4.97. The van der Waals surface area contributed by atoms with E-state index in [1.54, 1.807) is 0 Å². The molecule has 1 aromatic carbocycles. The van der Waals surface area contributed by atoms with Crippen LogP contribution in [0.5, 0.6) is 0 Å². The molecule has 0 unspecified atom stereocenters. The molecular formula is C16H17N3O. The van der Waals surface area contributed by atoms with E-state index in [1.165, 1.54) is 0 Å². The molecule has 0 saturated carbocycles. The Labute approximate surface area is 117 Å². The topological polar surface area (TPSA) is 64.4 Å². The lowest BCUT2D eigenvalue weighted by Crippen LogP contribution is -2.08. The van der Waals surface area contributed by atoms with Gasteiger partial charge in [-0.3, -0.25) is 4.99 Å². The number of aryl methyl sites for hydroxylation is 2. The molecule has 1 aliphatic carbocycles. The van der Waals surface area contributed by atoms with Crippen LogP contribution in [0.1, 0.15) is 18.1 Å². The Bertz CT molecular complexity index is 833. The summed E-state index contributed by atoms with van der Waals surface area (Å²) in [5.74, 6) is 0.735. The molecule has 3 rings (SSSR count). The van der Waals surface area contributed by atoms with Gasteiger partial charge >= 0.3 is 0 Å². The summed E-state index contributed by atoms with van der Waals surface area (Å²) in [6, 6.07) is 7.73. The van der Waals surface area contributed by atoms with Crippen LogP contribution in [0.2, 0.25) is 0 Å². The van der Waals surface area contributed by atoms with E-state index in [2.05, 4.69) is 9.98 Å². The molecule has 4 nitrogen and oxygen atoms in total. The van der Waals surface area contributed by atoms with Gasteiger partial charge in [-0.05, 0) is 44.0 Å². The summed E-state index contributed by atoms with van der Waals surface area (Å²) < 4.78 is 5.92. The largest absolute Gasteiger partial charge is 0.453 e. The average Bonchev–Trinajstić information content (AvgIpc) is 2.40. The number of nitrogen functional groups attached to an aromatic ring is 1. The molecule has 20 heavy (non-hydrogen) atoms. The predicted octanol–water partition coefficient (Wildman–Crippen LogP) is 3.05. The van der Waals surface area contributed by atoms with Gasteiger partial charge < -0.3 is 10.2 Å². The van der Waals surface area contributed by atoms with E-state index < -0.39 is 0 Å². The Kier molecular flexibility index (Phi) is 2.93. The number of nitrogens with zero attached hydrogens (tertiary/aromatic N) is 2. The van der Waals surface area contributed by atoms with Gasteiger partial charge in [0.25, 0.3) is 0 Å². The molecule has 0 atom stereocenters. The molecule has 2 N–H and O–H groups in total. The van der Waals surface area contributed by atoms with Gasteiger partial charge in [0.2, 0.25) is 0 Å².